The summed E-state index contributed by atoms with van der Waals surface area (Å²) in [7, 11) is 3.25. The number of nitrogens with zero attached hydrogens (tertiary/aromatic N) is 6. The van der Waals surface area contributed by atoms with Crippen molar-refractivity contribution in [3.8, 4) is 40.3 Å². The van der Waals surface area contributed by atoms with Gasteiger partial charge in [0.15, 0.2) is 23.0 Å². The van der Waals surface area contributed by atoms with Crippen LogP contribution in [-0.4, -0.2) is 43.6 Å². The van der Waals surface area contributed by atoms with Crippen molar-refractivity contribution in [2.45, 2.75) is 12.8 Å². The Morgan fingerprint density at radius 1 is 0.875 bits per heavy atom. The largest absolute Gasteiger partial charge is 0.493 e. The first-order valence-electron chi connectivity index (χ1n) is 12.6. The van der Waals surface area contributed by atoms with Crippen LogP contribution < -0.4 is 14.2 Å². The molecule has 0 fully saturated rings. The van der Waals surface area contributed by atoms with E-state index in [1.807, 2.05) is 84.4 Å². The van der Waals surface area contributed by atoms with E-state index >= 15 is 0 Å². The van der Waals surface area contributed by atoms with Crippen molar-refractivity contribution in [1.82, 2.24) is 29.4 Å². The molecule has 3 aromatic heterocycles. The highest BCUT2D eigenvalue weighted by Crippen LogP contribution is 2.50. The number of fused-ring (bicyclic) bond motifs is 4. The van der Waals surface area contributed by atoms with Crippen molar-refractivity contribution in [3.63, 3.8) is 0 Å². The van der Waals surface area contributed by atoms with Gasteiger partial charge in [0.05, 0.1) is 42.6 Å². The number of para-hydroxylation sites is 1. The third-order valence-electron chi connectivity index (χ3n) is 7.06. The summed E-state index contributed by atoms with van der Waals surface area (Å²) < 4.78 is 21.2. The molecule has 0 bridgehead atoms. The van der Waals surface area contributed by atoms with Crippen LogP contribution in [0.5, 0.6) is 23.3 Å². The third-order valence-corrected chi connectivity index (χ3v) is 7.32. The molecule has 10 heteroatoms. The zero-order valence-electron chi connectivity index (χ0n) is 21.9. The minimum atomic E-state index is -0.325. The topological polar surface area (TPSA) is 88.6 Å². The minimum Gasteiger partial charge on any atom is -0.493 e. The van der Waals surface area contributed by atoms with Crippen LogP contribution in [0.15, 0.2) is 79.1 Å². The van der Waals surface area contributed by atoms with E-state index in [0.29, 0.717) is 39.8 Å². The summed E-state index contributed by atoms with van der Waals surface area (Å²) >= 11 is 6.12. The van der Waals surface area contributed by atoms with Crippen LogP contribution in [0.3, 0.4) is 0 Å². The fraction of sp³-hybridized carbons (Fsp3) is 0.133. The van der Waals surface area contributed by atoms with Crippen molar-refractivity contribution < 1.29 is 14.2 Å². The third kappa shape index (κ3) is 3.77. The summed E-state index contributed by atoms with van der Waals surface area (Å²) in [4.78, 5) is 9.63. The number of benzene rings is 3. The zero-order valence-corrected chi connectivity index (χ0v) is 22.6. The molecule has 1 unspecified atom stereocenters. The SMILES string of the molecule is COc1ccc(C2c3c(C)nn(-c4ccccc4)c3Oc3ncn4nc(-c5ccc(Cl)cc5)nc4c32)cc1OC. The number of methoxy groups -OCH3 is 2. The lowest BCUT2D eigenvalue weighted by molar-refractivity contribution is 0.354. The number of halogens is 1. The summed E-state index contributed by atoms with van der Waals surface area (Å²) in [6, 6.07) is 23.2. The molecule has 40 heavy (non-hydrogen) atoms. The Balaban J connectivity index is 1.49. The average molecular weight is 551 g/mol. The molecule has 1 atom stereocenters. The van der Waals surface area contributed by atoms with Crippen LogP contribution >= 0.6 is 11.6 Å². The second-order valence-electron chi connectivity index (χ2n) is 9.37. The van der Waals surface area contributed by atoms with E-state index in [0.717, 1.165) is 33.6 Å². The Morgan fingerprint density at radius 3 is 2.40 bits per heavy atom. The maximum Gasteiger partial charge on any atom is 0.230 e. The van der Waals surface area contributed by atoms with Crippen molar-refractivity contribution in [1.29, 1.82) is 0 Å². The normalized spacial score (nSPS) is 13.9. The molecule has 0 aliphatic carbocycles. The lowest BCUT2D eigenvalue weighted by Gasteiger charge is -2.26. The lowest BCUT2D eigenvalue weighted by Crippen LogP contribution is -2.16. The van der Waals surface area contributed by atoms with Crippen molar-refractivity contribution >= 4 is 17.2 Å². The molecule has 0 saturated heterocycles. The van der Waals surface area contributed by atoms with E-state index in [-0.39, 0.29) is 5.92 Å². The van der Waals surface area contributed by atoms with Gasteiger partial charge in [-0.3, -0.25) is 0 Å². The zero-order chi connectivity index (χ0) is 27.4. The molecular formula is C30H23ClN6O3. The molecule has 0 spiro atoms. The summed E-state index contributed by atoms with van der Waals surface area (Å²) in [5, 5.41) is 10.3. The van der Waals surface area contributed by atoms with Crippen LogP contribution in [0.1, 0.15) is 28.3 Å². The predicted octanol–water partition coefficient (Wildman–Crippen LogP) is 6.24. The van der Waals surface area contributed by atoms with Crippen molar-refractivity contribution in [2.24, 2.45) is 0 Å². The quantitative estimate of drug-likeness (QED) is 0.250. The second kappa shape index (κ2) is 9.39. The molecule has 0 radical (unpaired) electrons. The van der Waals surface area contributed by atoms with Gasteiger partial charge < -0.3 is 14.2 Å². The number of hydrogen-bond donors (Lipinski definition) is 0. The Morgan fingerprint density at radius 2 is 1.65 bits per heavy atom. The Hall–Kier alpha value is -4.89. The van der Waals surface area contributed by atoms with Gasteiger partial charge in [-0.05, 0) is 61.0 Å². The molecule has 4 heterocycles. The molecule has 6 aromatic rings. The fourth-order valence-electron chi connectivity index (χ4n) is 5.21. The van der Waals surface area contributed by atoms with Gasteiger partial charge in [-0.25, -0.2) is 19.2 Å². The summed E-state index contributed by atoms with van der Waals surface area (Å²) in [5.41, 5.74) is 5.83. The van der Waals surface area contributed by atoms with Crippen LogP contribution in [0.25, 0.3) is 22.7 Å². The van der Waals surface area contributed by atoms with Gasteiger partial charge in [0.1, 0.15) is 6.33 Å². The Kier molecular flexibility index (Phi) is 5.67. The van der Waals surface area contributed by atoms with E-state index < -0.39 is 0 Å². The van der Waals surface area contributed by atoms with Gasteiger partial charge in [0.2, 0.25) is 11.8 Å². The van der Waals surface area contributed by atoms with Gasteiger partial charge >= 0.3 is 0 Å². The maximum absolute atomic E-state index is 6.51. The van der Waals surface area contributed by atoms with Crippen molar-refractivity contribution in [3.05, 3.63) is 107 Å². The van der Waals surface area contributed by atoms with E-state index in [2.05, 4.69) is 4.98 Å². The fourth-order valence-corrected chi connectivity index (χ4v) is 5.34. The Bertz CT molecular complexity index is 1880. The number of hydrogen-bond acceptors (Lipinski definition) is 7. The molecule has 7 rings (SSSR count). The average Bonchev–Trinajstić information content (AvgIpc) is 3.58. The van der Waals surface area contributed by atoms with Gasteiger partial charge in [0, 0.05) is 10.6 Å². The molecule has 1 aliphatic heterocycles. The molecule has 1 aliphatic rings. The highest BCUT2D eigenvalue weighted by atomic mass is 35.5. The molecule has 198 valence electrons. The number of rotatable bonds is 5. The van der Waals surface area contributed by atoms with E-state index in [9.17, 15) is 0 Å². The van der Waals surface area contributed by atoms with Crippen LogP contribution in [-0.2, 0) is 0 Å². The van der Waals surface area contributed by atoms with E-state index in [1.165, 1.54) is 0 Å². The van der Waals surface area contributed by atoms with E-state index in [1.54, 1.807) is 25.1 Å². The molecule has 9 nitrogen and oxygen atoms in total. The van der Waals surface area contributed by atoms with Gasteiger partial charge in [-0.15, -0.1) is 5.10 Å². The molecule has 0 N–H and O–H groups in total. The van der Waals surface area contributed by atoms with Crippen molar-refractivity contribution in [2.75, 3.05) is 14.2 Å². The standard InChI is InChI=1S/C30H23ClN6O3/c1-17-24-25(19-11-14-22(38-2)23(15-19)39-3)26-28-33-27(18-9-12-20(31)13-10-18)35-36(28)16-32-29(26)40-30(24)37(34-17)21-7-5-4-6-8-21/h4-16,25H,1-3H3. The summed E-state index contributed by atoms with van der Waals surface area (Å²) in [5.74, 6) is 2.53. The number of aromatic nitrogens is 6. The first kappa shape index (κ1) is 24.2. The molecular weight excluding hydrogens is 528 g/mol. The summed E-state index contributed by atoms with van der Waals surface area (Å²) in [6.45, 7) is 1.98. The van der Waals surface area contributed by atoms with Crippen LogP contribution in [0, 0.1) is 6.92 Å². The Labute approximate surface area is 234 Å². The molecule has 0 amide bonds. The number of ether oxygens (including phenoxy) is 3. The second-order valence-corrected chi connectivity index (χ2v) is 9.81. The molecule has 3 aromatic carbocycles. The van der Waals surface area contributed by atoms with Gasteiger partial charge in [0.25, 0.3) is 0 Å². The highest BCUT2D eigenvalue weighted by Gasteiger charge is 2.38. The summed E-state index contributed by atoms with van der Waals surface area (Å²) in [6.07, 6.45) is 1.62. The van der Waals surface area contributed by atoms with Gasteiger partial charge in [-0.1, -0.05) is 35.9 Å². The van der Waals surface area contributed by atoms with E-state index in [4.69, 9.17) is 41.0 Å². The highest BCUT2D eigenvalue weighted by molar-refractivity contribution is 6.30. The smallest absolute Gasteiger partial charge is 0.230 e. The predicted molar refractivity (Wildman–Crippen MR) is 150 cm³/mol. The molecule has 0 saturated carbocycles. The first-order chi connectivity index (χ1) is 19.6. The van der Waals surface area contributed by atoms with Gasteiger partial charge in [-0.2, -0.15) is 5.10 Å². The minimum absolute atomic E-state index is 0.325. The maximum atomic E-state index is 6.51. The first-order valence-corrected chi connectivity index (χ1v) is 13.0. The number of aryl methyl sites for hydroxylation is 1. The monoisotopic (exact) mass is 550 g/mol. The van der Waals surface area contributed by atoms with Crippen LogP contribution in [0.4, 0.5) is 0 Å². The van der Waals surface area contributed by atoms with Crippen LogP contribution in [0.2, 0.25) is 5.02 Å². The lowest BCUT2D eigenvalue weighted by atomic mass is 9.84.